The van der Waals surface area contributed by atoms with Gasteiger partial charge in [0, 0.05) is 23.5 Å². The zero-order chi connectivity index (χ0) is 32.4. The molecule has 0 aliphatic rings. The molecule has 0 radical (unpaired) electrons. The van der Waals surface area contributed by atoms with Gasteiger partial charge in [-0.05, 0) is 66.9 Å². The van der Waals surface area contributed by atoms with E-state index in [9.17, 15) is 18.0 Å². The highest BCUT2D eigenvalue weighted by molar-refractivity contribution is 9.10. The molecular formula is C35H38BrN3O5S. The van der Waals surface area contributed by atoms with E-state index in [2.05, 4.69) is 21.2 Å². The van der Waals surface area contributed by atoms with Crippen LogP contribution in [0.5, 0.6) is 5.75 Å². The Hall–Kier alpha value is -4.15. The number of hydrogen-bond acceptors (Lipinski definition) is 5. The van der Waals surface area contributed by atoms with Gasteiger partial charge in [-0.1, -0.05) is 88.7 Å². The first-order valence-corrected chi connectivity index (χ1v) is 17.3. The van der Waals surface area contributed by atoms with Crippen molar-refractivity contribution in [2.24, 2.45) is 0 Å². The first kappa shape index (κ1) is 33.7. The number of rotatable bonds is 14. The fourth-order valence-electron chi connectivity index (χ4n) is 4.78. The zero-order valence-electron chi connectivity index (χ0n) is 25.6. The number of nitrogens with zero attached hydrogens (tertiary/aromatic N) is 2. The van der Waals surface area contributed by atoms with Gasteiger partial charge in [0.05, 0.1) is 11.9 Å². The summed E-state index contributed by atoms with van der Waals surface area (Å²) in [5.41, 5.74) is 2.99. The fourth-order valence-corrected chi connectivity index (χ4v) is 5.90. The standard InChI is InChI=1S/C35H38BrN3O5S/c1-26(2)37-35(41)33(22-27-10-6-4-7-11-27)38(23-28-14-16-30(36)17-15-28)34(40)24-39(45(3,42)43)31-18-20-32(21-19-31)44-25-29-12-8-5-9-13-29/h4-21,26,33H,22-25H2,1-3H3,(H,37,41)/t33-/m1/s1. The van der Waals surface area contributed by atoms with Crippen LogP contribution in [0.1, 0.15) is 30.5 Å². The number of carbonyl (C=O) groups is 2. The minimum Gasteiger partial charge on any atom is -0.489 e. The monoisotopic (exact) mass is 691 g/mol. The second kappa shape index (κ2) is 15.7. The highest BCUT2D eigenvalue weighted by Gasteiger charge is 2.33. The molecule has 0 saturated heterocycles. The molecule has 45 heavy (non-hydrogen) atoms. The Labute approximate surface area is 274 Å². The van der Waals surface area contributed by atoms with Crippen molar-refractivity contribution in [1.29, 1.82) is 0 Å². The van der Waals surface area contributed by atoms with E-state index in [-0.39, 0.29) is 24.9 Å². The van der Waals surface area contributed by atoms with Crippen molar-refractivity contribution in [1.82, 2.24) is 10.2 Å². The predicted molar refractivity (Wildman–Crippen MR) is 181 cm³/mol. The Morgan fingerprint density at radius 2 is 1.38 bits per heavy atom. The fraction of sp³-hybridized carbons (Fsp3) is 0.257. The smallest absolute Gasteiger partial charge is 0.244 e. The van der Waals surface area contributed by atoms with Crippen LogP contribution in [-0.2, 0) is 39.2 Å². The average molecular weight is 693 g/mol. The summed E-state index contributed by atoms with van der Waals surface area (Å²) in [5.74, 6) is -0.259. The maximum atomic E-state index is 14.2. The summed E-state index contributed by atoms with van der Waals surface area (Å²) in [6.07, 6.45) is 1.32. The Bertz CT molecular complexity index is 1650. The van der Waals surface area contributed by atoms with Crippen molar-refractivity contribution >= 4 is 43.5 Å². The van der Waals surface area contributed by atoms with E-state index >= 15 is 0 Å². The van der Waals surface area contributed by atoms with E-state index in [0.29, 0.717) is 18.0 Å². The normalized spacial score (nSPS) is 11.9. The lowest BCUT2D eigenvalue weighted by Crippen LogP contribution is -2.54. The Morgan fingerprint density at radius 3 is 1.93 bits per heavy atom. The molecule has 2 amide bonds. The molecule has 0 aliphatic carbocycles. The van der Waals surface area contributed by atoms with Gasteiger partial charge in [0.2, 0.25) is 21.8 Å². The first-order valence-electron chi connectivity index (χ1n) is 14.6. The minimum absolute atomic E-state index is 0.110. The molecule has 1 atom stereocenters. The molecule has 4 rings (SSSR count). The molecule has 0 saturated carbocycles. The number of carbonyl (C=O) groups excluding carboxylic acids is 2. The Balaban J connectivity index is 1.63. The van der Waals surface area contributed by atoms with Gasteiger partial charge in [-0.25, -0.2) is 8.42 Å². The van der Waals surface area contributed by atoms with Gasteiger partial charge in [0.15, 0.2) is 0 Å². The van der Waals surface area contributed by atoms with Crippen molar-refractivity contribution in [2.75, 3.05) is 17.1 Å². The molecular weight excluding hydrogens is 654 g/mol. The lowest BCUT2D eigenvalue weighted by Gasteiger charge is -2.34. The third kappa shape index (κ3) is 10.2. The summed E-state index contributed by atoms with van der Waals surface area (Å²) >= 11 is 3.44. The summed E-state index contributed by atoms with van der Waals surface area (Å²) in [4.78, 5) is 29.3. The number of nitrogens with one attached hydrogen (secondary N) is 1. The largest absolute Gasteiger partial charge is 0.489 e. The van der Waals surface area contributed by atoms with Gasteiger partial charge >= 0.3 is 0 Å². The molecule has 1 N–H and O–H groups in total. The molecule has 4 aromatic carbocycles. The van der Waals surface area contributed by atoms with Crippen molar-refractivity contribution in [3.05, 3.63) is 130 Å². The highest BCUT2D eigenvalue weighted by Crippen LogP contribution is 2.24. The van der Waals surface area contributed by atoms with E-state index in [0.717, 1.165) is 31.7 Å². The van der Waals surface area contributed by atoms with Crippen molar-refractivity contribution in [2.45, 2.75) is 45.5 Å². The number of hydrogen-bond donors (Lipinski definition) is 1. The molecule has 0 aliphatic heterocycles. The maximum Gasteiger partial charge on any atom is 0.244 e. The van der Waals surface area contributed by atoms with Gasteiger partial charge in [-0.3, -0.25) is 13.9 Å². The molecule has 0 aromatic heterocycles. The summed E-state index contributed by atoms with van der Waals surface area (Å²) in [7, 11) is -3.88. The van der Waals surface area contributed by atoms with E-state index < -0.39 is 28.5 Å². The number of ether oxygens (including phenoxy) is 1. The first-order chi connectivity index (χ1) is 21.5. The van der Waals surface area contributed by atoms with Crippen LogP contribution in [0.15, 0.2) is 114 Å². The molecule has 0 bridgehead atoms. The minimum atomic E-state index is -3.88. The van der Waals surface area contributed by atoms with Crippen LogP contribution in [0.2, 0.25) is 0 Å². The van der Waals surface area contributed by atoms with Crippen molar-refractivity contribution in [3.63, 3.8) is 0 Å². The lowest BCUT2D eigenvalue weighted by molar-refractivity contribution is -0.140. The molecule has 0 heterocycles. The number of halogens is 1. The van der Waals surface area contributed by atoms with E-state index in [1.807, 2.05) is 98.8 Å². The van der Waals surface area contributed by atoms with E-state index in [4.69, 9.17) is 4.74 Å². The molecule has 0 spiro atoms. The quantitative estimate of drug-likeness (QED) is 0.176. The third-order valence-corrected chi connectivity index (χ3v) is 8.69. The lowest BCUT2D eigenvalue weighted by atomic mass is 10.0. The van der Waals surface area contributed by atoms with Crippen LogP contribution >= 0.6 is 15.9 Å². The van der Waals surface area contributed by atoms with Crippen LogP contribution in [0, 0.1) is 0 Å². The Kier molecular flexibility index (Phi) is 11.8. The predicted octanol–water partition coefficient (Wildman–Crippen LogP) is 5.96. The van der Waals surface area contributed by atoms with Gasteiger partial charge < -0.3 is 15.0 Å². The highest BCUT2D eigenvalue weighted by atomic mass is 79.9. The van der Waals surface area contributed by atoms with Gasteiger partial charge in [0.1, 0.15) is 24.9 Å². The summed E-state index contributed by atoms with van der Waals surface area (Å²) < 4.78 is 33.9. The SMILES string of the molecule is CC(C)NC(=O)[C@@H](Cc1ccccc1)N(Cc1ccc(Br)cc1)C(=O)CN(c1ccc(OCc2ccccc2)cc1)S(C)(=O)=O. The van der Waals surface area contributed by atoms with Gasteiger partial charge in [0.25, 0.3) is 0 Å². The van der Waals surface area contributed by atoms with Crippen LogP contribution in [-0.4, -0.2) is 50.0 Å². The van der Waals surface area contributed by atoms with Crippen LogP contribution in [0.25, 0.3) is 0 Å². The van der Waals surface area contributed by atoms with E-state index in [1.165, 1.54) is 4.90 Å². The second-order valence-corrected chi connectivity index (χ2v) is 13.9. The van der Waals surface area contributed by atoms with Crippen LogP contribution in [0.4, 0.5) is 5.69 Å². The number of benzene rings is 4. The number of anilines is 1. The topological polar surface area (TPSA) is 96.0 Å². The van der Waals surface area contributed by atoms with Gasteiger partial charge in [-0.15, -0.1) is 0 Å². The molecule has 10 heteroatoms. The van der Waals surface area contributed by atoms with Crippen molar-refractivity contribution in [3.8, 4) is 5.75 Å². The zero-order valence-corrected chi connectivity index (χ0v) is 28.0. The molecule has 236 valence electrons. The molecule has 8 nitrogen and oxygen atoms in total. The maximum absolute atomic E-state index is 14.2. The van der Waals surface area contributed by atoms with Crippen LogP contribution in [0.3, 0.4) is 0 Å². The van der Waals surface area contributed by atoms with Crippen LogP contribution < -0.4 is 14.4 Å². The summed E-state index contributed by atoms with van der Waals surface area (Å²) in [6, 6.07) is 32.2. The van der Waals surface area contributed by atoms with Gasteiger partial charge in [-0.2, -0.15) is 0 Å². The average Bonchev–Trinajstić information content (AvgIpc) is 3.02. The summed E-state index contributed by atoms with van der Waals surface area (Å²) in [6.45, 7) is 3.70. The molecule has 0 fully saturated rings. The molecule has 4 aromatic rings. The number of amides is 2. The number of sulfonamides is 1. The van der Waals surface area contributed by atoms with Crippen molar-refractivity contribution < 1.29 is 22.7 Å². The summed E-state index contributed by atoms with van der Waals surface area (Å²) in [5, 5.41) is 2.95. The van der Waals surface area contributed by atoms with E-state index in [1.54, 1.807) is 24.3 Å². The third-order valence-electron chi connectivity index (χ3n) is 7.02. The second-order valence-electron chi connectivity index (χ2n) is 11.1. The Morgan fingerprint density at radius 1 is 0.800 bits per heavy atom. The molecule has 0 unspecified atom stereocenters.